The maximum Gasteiger partial charge on any atom is 0.271 e. The Hall–Kier alpha value is -2.96. The highest BCUT2D eigenvalue weighted by atomic mass is 16.6. The molecule has 0 aliphatic carbocycles. The number of amides is 1. The molecule has 1 amide bonds. The van der Waals surface area contributed by atoms with Crippen molar-refractivity contribution in [1.82, 2.24) is 4.98 Å². The Morgan fingerprint density at radius 1 is 1.29 bits per heavy atom. The zero-order chi connectivity index (χ0) is 14.8. The number of hydrogen-bond acceptors (Lipinski definition) is 5. The van der Waals surface area contributed by atoms with Crippen molar-refractivity contribution in [2.75, 3.05) is 18.1 Å². The summed E-state index contributed by atoms with van der Waals surface area (Å²) in [5, 5.41) is 10.9. The zero-order valence-electron chi connectivity index (χ0n) is 10.9. The van der Waals surface area contributed by atoms with Crippen LogP contribution in [0.25, 0.3) is 0 Å². The van der Waals surface area contributed by atoms with Crippen molar-refractivity contribution in [2.24, 2.45) is 0 Å². The van der Waals surface area contributed by atoms with Crippen molar-refractivity contribution in [3.8, 4) is 5.75 Å². The van der Waals surface area contributed by atoms with Crippen LogP contribution in [0.3, 0.4) is 0 Å². The van der Waals surface area contributed by atoms with Gasteiger partial charge in [0.25, 0.3) is 11.6 Å². The molecule has 0 atom stereocenters. The predicted molar refractivity (Wildman–Crippen MR) is 74.5 cm³/mol. The third-order valence-electron chi connectivity index (χ3n) is 3.19. The fourth-order valence-electron chi connectivity index (χ4n) is 2.18. The molecule has 1 aliphatic rings. The van der Waals surface area contributed by atoms with Crippen LogP contribution in [0.4, 0.5) is 11.4 Å². The monoisotopic (exact) mass is 285 g/mol. The van der Waals surface area contributed by atoms with Gasteiger partial charge in [-0.1, -0.05) is 0 Å². The third kappa shape index (κ3) is 2.40. The Morgan fingerprint density at radius 3 is 2.76 bits per heavy atom. The average molecular weight is 285 g/mol. The van der Waals surface area contributed by atoms with Crippen molar-refractivity contribution in [3.63, 3.8) is 0 Å². The molecule has 0 fully saturated rings. The maximum absolute atomic E-state index is 12.5. The number of hydrogen-bond donors (Lipinski definition) is 0. The molecule has 3 rings (SSSR count). The lowest BCUT2D eigenvalue weighted by molar-refractivity contribution is -0.384. The van der Waals surface area contributed by atoms with Gasteiger partial charge >= 0.3 is 0 Å². The van der Waals surface area contributed by atoms with Crippen LogP contribution >= 0.6 is 0 Å². The minimum Gasteiger partial charge on any atom is -0.490 e. The topological polar surface area (TPSA) is 85.6 Å². The molecule has 7 heteroatoms. The number of nitrogens with zero attached hydrogens (tertiary/aromatic N) is 3. The molecule has 0 unspecified atom stereocenters. The summed E-state index contributed by atoms with van der Waals surface area (Å²) in [7, 11) is 0. The number of benzene rings is 1. The van der Waals surface area contributed by atoms with E-state index in [-0.39, 0.29) is 11.6 Å². The van der Waals surface area contributed by atoms with Gasteiger partial charge in [-0.2, -0.15) is 0 Å². The van der Waals surface area contributed by atoms with E-state index in [1.807, 2.05) is 0 Å². The number of nitro benzene ring substituents is 1. The highest BCUT2D eigenvalue weighted by Crippen LogP contribution is 2.35. The van der Waals surface area contributed by atoms with Crippen LogP contribution in [-0.4, -0.2) is 29.0 Å². The lowest BCUT2D eigenvalue weighted by atomic mass is 10.1. The van der Waals surface area contributed by atoms with Crippen LogP contribution in [-0.2, 0) is 0 Å². The molecule has 7 nitrogen and oxygen atoms in total. The number of pyridine rings is 1. The molecule has 1 aromatic heterocycles. The molecule has 1 aromatic carbocycles. The van der Waals surface area contributed by atoms with Gasteiger partial charge in [0.1, 0.15) is 12.4 Å². The van der Waals surface area contributed by atoms with E-state index in [1.165, 1.54) is 35.5 Å². The van der Waals surface area contributed by atoms with Crippen molar-refractivity contribution in [2.45, 2.75) is 0 Å². The summed E-state index contributed by atoms with van der Waals surface area (Å²) in [5.74, 6) is 0.233. The maximum atomic E-state index is 12.5. The lowest BCUT2D eigenvalue weighted by Crippen LogP contribution is -2.38. The van der Waals surface area contributed by atoms with E-state index in [2.05, 4.69) is 4.98 Å². The van der Waals surface area contributed by atoms with Gasteiger partial charge in [-0.15, -0.1) is 0 Å². The molecule has 2 aromatic rings. The Balaban J connectivity index is 2.01. The molecule has 21 heavy (non-hydrogen) atoms. The molecule has 0 saturated heterocycles. The van der Waals surface area contributed by atoms with E-state index >= 15 is 0 Å². The van der Waals surface area contributed by atoms with E-state index in [4.69, 9.17) is 4.74 Å². The molecule has 0 saturated carbocycles. The number of ether oxygens (including phenoxy) is 1. The Kier molecular flexibility index (Phi) is 3.23. The van der Waals surface area contributed by atoms with Crippen LogP contribution in [0.1, 0.15) is 10.4 Å². The molecule has 0 spiro atoms. The average Bonchev–Trinajstić information content (AvgIpc) is 2.54. The van der Waals surface area contributed by atoms with E-state index < -0.39 is 4.92 Å². The molecule has 106 valence electrons. The SMILES string of the molecule is O=C(c1ccncc1)N1CCOc2ccc([N+](=O)[O-])cc21. The highest BCUT2D eigenvalue weighted by Gasteiger charge is 2.26. The van der Waals surface area contributed by atoms with Crippen molar-refractivity contribution < 1.29 is 14.5 Å². The number of non-ortho nitro benzene ring substituents is 1. The number of nitro groups is 1. The largest absolute Gasteiger partial charge is 0.490 e. The number of rotatable bonds is 2. The summed E-state index contributed by atoms with van der Waals surface area (Å²) in [6, 6.07) is 7.44. The van der Waals surface area contributed by atoms with E-state index in [0.29, 0.717) is 30.2 Å². The van der Waals surface area contributed by atoms with Gasteiger partial charge in [0.05, 0.1) is 17.2 Å². The molecular weight excluding hydrogens is 274 g/mol. The Bertz CT molecular complexity index is 703. The number of carbonyl (C=O) groups is 1. The van der Waals surface area contributed by atoms with Crippen LogP contribution in [0.15, 0.2) is 42.7 Å². The van der Waals surface area contributed by atoms with Crippen LogP contribution in [0, 0.1) is 10.1 Å². The fourth-order valence-corrected chi connectivity index (χ4v) is 2.18. The fraction of sp³-hybridized carbons (Fsp3) is 0.143. The van der Waals surface area contributed by atoms with E-state index in [0.717, 1.165) is 0 Å². The lowest BCUT2D eigenvalue weighted by Gasteiger charge is -2.29. The second kappa shape index (κ2) is 5.20. The quantitative estimate of drug-likeness (QED) is 0.622. The van der Waals surface area contributed by atoms with Crippen LogP contribution in [0.5, 0.6) is 5.75 Å². The van der Waals surface area contributed by atoms with Gasteiger partial charge in [0.15, 0.2) is 0 Å². The van der Waals surface area contributed by atoms with Crippen molar-refractivity contribution in [3.05, 3.63) is 58.4 Å². The number of anilines is 1. The van der Waals surface area contributed by atoms with Crippen molar-refractivity contribution in [1.29, 1.82) is 0 Å². The summed E-state index contributed by atoms with van der Waals surface area (Å²) in [6.45, 7) is 0.691. The zero-order valence-corrected chi connectivity index (χ0v) is 10.9. The summed E-state index contributed by atoms with van der Waals surface area (Å²) in [4.78, 5) is 28.3. The first-order valence-electron chi connectivity index (χ1n) is 6.30. The van der Waals surface area contributed by atoms with Gasteiger partial charge in [-0.25, -0.2) is 0 Å². The standard InChI is InChI=1S/C14H11N3O4/c18-14(10-3-5-15-6-4-10)16-7-8-21-13-2-1-11(17(19)20)9-12(13)16/h1-6,9H,7-8H2. The molecule has 1 aliphatic heterocycles. The predicted octanol–water partition coefficient (Wildman–Crippen LogP) is 2.03. The van der Waals surface area contributed by atoms with Gasteiger partial charge in [-0.05, 0) is 18.2 Å². The Labute approximate surface area is 119 Å². The number of fused-ring (bicyclic) bond motifs is 1. The van der Waals surface area contributed by atoms with Gasteiger partial charge in [-0.3, -0.25) is 19.9 Å². The molecule has 0 N–H and O–H groups in total. The minimum atomic E-state index is -0.496. The first-order valence-corrected chi connectivity index (χ1v) is 6.30. The van der Waals surface area contributed by atoms with Gasteiger partial charge in [0.2, 0.25) is 0 Å². The Morgan fingerprint density at radius 2 is 2.05 bits per heavy atom. The van der Waals surface area contributed by atoms with E-state index in [9.17, 15) is 14.9 Å². The molecular formula is C14H11N3O4. The highest BCUT2D eigenvalue weighted by molar-refractivity contribution is 6.07. The molecule has 2 heterocycles. The second-order valence-electron chi connectivity index (χ2n) is 4.45. The van der Waals surface area contributed by atoms with Gasteiger partial charge in [0, 0.05) is 30.1 Å². The normalized spacial score (nSPS) is 13.2. The summed E-state index contributed by atoms with van der Waals surface area (Å²) >= 11 is 0. The van der Waals surface area contributed by atoms with Crippen LogP contribution < -0.4 is 9.64 Å². The summed E-state index contributed by atoms with van der Waals surface area (Å²) in [6.07, 6.45) is 3.06. The second-order valence-corrected chi connectivity index (χ2v) is 4.45. The minimum absolute atomic E-state index is 0.0771. The molecule has 0 bridgehead atoms. The summed E-state index contributed by atoms with van der Waals surface area (Å²) in [5.41, 5.74) is 0.813. The smallest absolute Gasteiger partial charge is 0.271 e. The van der Waals surface area contributed by atoms with E-state index in [1.54, 1.807) is 12.1 Å². The first kappa shape index (κ1) is 13.0. The first-order chi connectivity index (χ1) is 10.2. The van der Waals surface area contributed by atoms with Crippen molar-refractivity contribution >= 4 is 17.3 Å². The summed E-state index contributed by atoms with van der Waals surface area (Å²) < 4.78 is 5.45. The third-order valence-corrected chi connectivity index (χ3v) is 3.19. The number of aromatic nitrogens is 1. The van der Waals surface area contributed by atoms with Crippen LogP contribution in [0.2, 0.25) is 0 Å². The number of carbonyl (C=O) groups excluding carboxylic acids is 1. The van der Waals surface area contributed by atoms with Gasteiger partial charge < -0.3 is 9.64 Å². The molecule has 0 radical (unpaired) electrons.